The molecule has 0 heterocycles. The molecule has 3 N–H and O–H groups in total. The van der Waals surface area contributed by atoms with E-state index in [0.717, 1.165) is 0 Å². The van der Waals surface area contributed by atoms with E-state index in [-0.39, 0.29) is 10.5 Å². The van der Waals surface area contributed by atoms with Gasteiger partial charge < -0.3 is 15.5 Å². The number of aliphatic carboxylic acids is 1. The fourth-order valence-electron chi connectivity index (χ4n) is 2.10. The third kappa shape index (κ3) is 4.53. The van der Waals surface area contributed by atoms with Crippen molar-refractivity contribution in [3.63, 3.8) is 0 Å². The van der Waals surface area contributed by atoms with Crippen molar-refractivity contribution in [2.45, 2.75) is 37.8 Å². The molecule has 1 rings (SSSR count). The van der Waals surface area contributed by atoms with Gasteiger partial charge in [-0.05, 0) is 31.2 Å². The summed E-state index contributed by atoms with van der Waals surface area (Å²) >= 11 is 0. The predicted octanol–water partition coefficient (Wildman–Crippen LogP) is 0.281. The second kappa shape index (κ2) is 8.22. The molecule has 134 valence electrons. The van der Waals surface area contributed by atoms with Crippen LogP contribution < -0.4 is 5.32 Å². The minimum atomic E-state index is -3.63. The molecule has 0 bridgehead atoms. The average molecular weight is 358 g/mol. The first-order valence-electron chi connectivity index (χ1n) is 7.47. The number of benzene rings is 1. The number of rotatable bonds is 8. The van der Waals surface area contributed by atoms with Crippen LogP contribution in [0, 0.1) is 0 Å². The summed E-state index contributed by atoms with van der Waals surface area (Å²) in [5.41, 5.74) is 0.0976. The van der Waals surface area contributed by atoms with Crippen LogP contribution in [0.5, 0.6) is 0 Å². The van der Waals surface area contributed by atoms with Gasteiger partial charge in [-0.2, -0.15) is 4.31 Å². The molecule has 0 fully saturated rings. The van der Waals surface area contributed by atoms with Crippen molar-refractivity contribution in [2.24, 2.45) is 0 Å². The first kappa shape index (κ1) is 20.1. The van der Waals surface area contributed by atoms with Crippen LogP contribution in [-0.2, 0) is 14.8 Å². The number of aliphatic hydroxyl groups is 1. The maximum absolute atomic E-state index is 12.3. The first-order chi connectivity index (χ1) is 11.1. The highest BCUT2D eigenvalue weighted by atomic mass is 32.2. The molecule has 0 saturated heterocycles. The van der Waals surface area contributed by atoms with E-state index < -0.39 is 34.0 Å². The van der Waals surface area contributed by atoms with Crippen LogP contribution in [0.4, 0.5) is 0 Å². The molecule has 9 heteroatoms. The summed E-state index contributed by atoms with van der Waals surface area (Å²) in [6, 6.07) is 3.73. The highest BCUT2D eigenvalue weighted by Crippen LogP contribution is 2.16. The molecule has 0 radical (unpaired) electrons. The average Bonchev–Trinajstić information content (AvgIpc) is 2.52. The number of amides is 1. The number of nitrogens with one attached hydrogen (secondary N) is 1. The van der Waals surface area contributed by atoms with Crippen LogP contribution in [0.2, 0.25) is 0 Å². The molecule has 24 heavy (non-hydrogen) atoms. The van der Waals surface area contributed by atoms with E-state index in [2.05, 4.69) is 5.32 Å². The van der Waals surface area contributed by atoms with Gasteiger partial charge in [0.25, 0.3) is 5.91 Å². The summed E-state index contributed by atoms with van der Waals surface area (Å²) in [6.07, 6.45) is -1.27. The van der Waals surface area contributed by atoms with Gasteiger partial charge in [-0.3, -0.25) is 4.79 Å². The lowest BCUT2D eigenvalue weighted by Gasteiger charge is -2.19. The molecule has 0 spiro atoms. The number of hydrogen-bond acceptors (Lipinski definition) is 5. The molecule has 0 aliphatic rings. The predicted molar refractivity (Wildman–Crippen MR) is 87.1 cm³/mol. The monoisotopic (exact) mass is 358 g/mol. The third-order valence-corrected chi connectivity index (χ3v) is 5.56. The number of carbonyl (C=O) groups excluding carboxylic acids is 1. The van der Waals surface area contributed by atoms with Gasteiger partial charge >= 0.3 is 5.97 Å². The van der Waals surface area contributed by atoms with Gasteiger partial charge in [0.2, 0.25) is 10.0 Å². The van der Waals surface area contributed by atoms with Crippen LogP contribution in [0.15, 0.2) is 29.2 Å². The molecule has 2 unspecified atom stereocenters. The molecule has 1 aromatic carbocycles. The van der Waals surface area contributed by atoms with Crippen molar-refractivity contribution in [3.8, 4) is 0 Å². The Labute approximate surface area is 141 Å². The third-order valence-electron chi connectivity index (χ3n) is 3.49. The lowest BCUT2D eigenvalue weighted by molar-refractivity contribution is -0.141. The molecule has 8 nitrogen and oxygen atoms in total. The Morgan fingerprint density at radius 2 is 1.67 bits per heavy atom. The Hall–Kier alpha value is -1.97. The Morgan fingerprint density at radius 1 is 1.17 bits per heavy atom. The van der Waals surface area contributed by atoms with E-state index in [1.807, 2.05) is 0 Å². The Morgan fingerprint density at radius 3 is 2.04 bits per heavy atom. The van der Waals surface area contributed by atoms with Gasteiger partial charge in [0.05, 0.1) is 11.0 Å². The maximum atomic E-state index is 12.3. The lowest BCUT2D eigenvalue weighted by Crippen LogP contribution is -2.47. The minimum Gasteiger partial charge on any atom is -0.480 e. The van der Waals surface area contributed by atoms with Crippen LogP contribution >= 0.6 is 0 Å². The van der Waals surface area contributed by atoms with Gasteiger partial charge in [-0.15, -0.1) is 0 Å². The largest absolute Gasteiger partial charge is 0.480 e. The molecule has 0 saturated carbocycles. The first-order valence-corrected chi connectivity index (χ1v) is 8.91. The molecule has 1 amide bonds. The second-order valence-corrected chi connectivity index (χ2v) is 7.08. The summed E-state index contributed by atoms with van der Waals surface area (Å²) in [7, 11) is -3.63. The van der Waals surface area contributed by atoms with Crippen LogP contribution in [0.3, 0.4) is 0 Å². The van der Waals surface area contributed by atoms with E-state index in [9.17, 15) is 23.1 Å². The Kier molecular flexibility index (Phi) is 6.88. The molecule has 0 aromatic heterocycles. The molecule has 0 aliphatic heterocycles. The second-order valence-electron chi connectivity index (χ2n) is 5.14. The summed E-state index contributed by atoms with van der Waals surface area (Å²) in [5.74, 6) is -2.07. The number of sulfonamides is 1. The van der Waals surface area contributed by atoms with E-state index in [0.29, 0.717) is 13.1 Å². The number of carboxylic acid groups (broad SMARTS) is 1. The number of carbonyl (C=O) groups is 2. The minimum absolute atomic E-state index is 0.0491. The van der Waals surface area contributed by atoms with Crippen molar-refractivity contribution in [2.75, 3.05) is 13.1 Å². The Bertz CT molecular complexity index is 680. The standard InChI is InChI=1S/C15H22N2O6S/c1-4-17(5-2)24(22,23)12-8-6-11(7-9-12)14(19)16-13(10(3)18)15(20)21/h6-10,13,18H,4-5H2,1-3H3,(H,16,19)(H,20,21). The van der Waals surface area contributed by atoms with Crippen LogP contribution in [0.1, 0.15) is 31.1 Å². The molecule has 2 atom stereocenters. The van der Waals surface area contributed by atoms with Gasteiger partial charge in [0.15, 0.2) is 6.04 Å². The number of nitrogens with zero attached hydrogens (tertiary/aromatic N) is 1. The summed E-state index contributed by atoms with van der Waals surface area (Å²) < 4.78 is 26.0. The molecule has 0 aliphatic carbocycles. The highest BCUT2D eigenvalue weighted by Gasteiger charge is 2.26. The van der Waals surface area contributed by atoms with E-state index in [1.54, 1.807) is 13.8 Å². The summed E-state index contributed by atoms with van der Waals surface area (Å²) in [6.45, 7) is 5.36. The number of carboxylic acids is 1. The Balaban J connectivity index is 2.99. The number of aliphatic hydroxyl groups excluding tert-OH is 1. The highest BCUT2D eigenvalue weighted by molar-refractivity contribution is 7.89. The maximum Gasteiger partial charge on any atom is 0.328 e. The fraction of sp³-hybridized carbons (Fsp3) is 0.467. The van der Waals surface area contributed by atoms with E-state index >= 15 is 0 Å². The van der Waals surface area contributed by atoms with Gasteiger partial charge in [0.1, 0.15) is 0 Å². The van der Waals surface area contributed by atoms with Gasteiger partial charge in [0, 0.05) is 18.7 Å². The van der Waals surface area contributed by atoms with E-state index in [1.165, 1.54) is 35.5 Å². The number of hydrogen-bond donors (Lipinski definition) is 3. The van der Waals surface area contributed by atoms with Gasteiger partial charge in [-0.25, -0.2) is 13.2 Å². The van der Waals surface area contributed by atoms with Crippen LogP contribution in [-0.4, -0.2) is 60.0 Å². The topological polar surface area (TPSA) is 124 Å². The lowest BCUT2D eigenvalue weighted by atomic mass is 10.1. The van der Waals surface area contributed by atoms with Crippen molar-refractivity contribution in [1.82, 2.24) is 9.62 Å². The molecular formula is C15H22N2O6S. The van der Waals surface area contributed by atoms with Crippen molar-refractivity contribution >= 4 is 21.9 Å². The zero-order chi connectivity index (χ0) is 18.5. The van der Waals surface area contributed by atoms with Crippen LogP contribution in [0.25, 0.3) is 0 Å². The zero-order valence-corrected chi connectivity index (χ0v) is 14.6. The smallest absolute Gasteiger partial charge is 0.328 e. The molecule has 1 aromatic rings. The quantitative estimate of drug-likeness (QED) is 0.613. The zero-order valence-electron chi connectivity index (χ0n) is 13.8. The van der Waals surface area contributed by atoms with E-state index in [4.69, 9.17) is 5.11 Å². The fourth-order valence-corrected chi connectivity index (χ4v) is 3.56. The summed E-state index contributed by atoms with van der Waals surface area (Å²) in [5, 5.41) is 20.5. The SMILES string of the molecule is CCN(CC)S(=O)(=O)c1ccc(C(=O)NC(C(=O)O)C(C)O)cc1. The van der Waals surface area contributed by atoms with Crippen molar-refractivity contribution in [3.05, 3.63) is 29.8 Å². The normalized spacial score (nSPS) is 14.2. The van der Waals surface area contributed by atoms with Crippen molar-refractivity contribution < 1.29 is 28.2 Å². The van der Waals surface area contributed by atoms with Gasteiger partial charge in [-0.1, -0.05) is 13.8 Å². The molecular weight excluding hydrogens is 336 g/mol. The van der Waals surface area contributed by atoms with Crippen molar-refractivity contribution in [1.29, 1.82) is 0 Å². The summed E-state index contributed by atoms with van der Waals surface area (Å²) in [4.78, 5) is 23.0.